The van der Waals surface area contributed by atoms with Crippen molar-refractivity contribution in [2.45, 2.75) is 38.8 Å². The van der Waals surface area contributed by atoms with Crippen LogP contribution in [0.25, 0.3) is 0 Å². The maximum Gasteiger partial charge on any atom is 0.260 e. The Balaban J connectivity index is 2.32. The van der Waals surface area contributed by atoms with Gasteiger partial charge >= 0.3 is 0 Å². The van der Waals surface area contributed by atoms with Crippen LogP contribution in [0.1, 0.15) is 26.7 Å². The summed E-state index contributed by atoms with van der Waals surface area (Å²) in [5.41, 5.74) is 0. The molecule has 0 saturated carbocycles. The minimum absolute atomic E-state index is 0.0418. The van der Waals surface area contributed by atoms with Crippen molar-refractivity contribution in [3.8, 4) is 0 Å². The van der Waals surface area contributed by atoms with Gasteiger partial charge in [-0.25, -0.2) is 5.01 Å². The quantitative estimate of drug-likeness (QED) is 0.683. The van der Waals surface area contributed by atoms with Crippen LogP contribution in [0.4, 0.5) is 0 Å². The Bertz CT molecular complexity index is 426. The Morgan fingerprint density at radius 2 is 1.90 bits per heavy atom. The van der Waals surface area contributed by atoms with E-state index in [0.29, 0.717) is 19.6 Å². The number of carbonyl (C=O) groups excluding carboxylic acids is 3. The fourth-order valence-corrected chi connectivity index (χ4v) is 2.94. The number of carbonyl (C=O) groups is 3. The molecule has 7 heteroatoms. The molecule has 7 nitrogen and oxygen atoms in total. The molecule has 1 unspecified atom stereocenters. The third-order valence-corrected chi connectivity index (χ3v) is 4.03. The van der Waals surface area contributed by atoms with Crippen LogP contribution in [0, 0.1) is 0 Å². The second-order valence-corrected chi connectivity index (χ2v) is 5.39. The summed E-state index contributed by atoms with van der Waals surface area (Å²) in [6.07, 6.45) is 1.67. The number of hydrazine groups is 1. The smallest absolute Gasteiger partial charge is 0.260 e. The molecular formula is C13H22N4O3. The van der Waals surface area contributed by atoms with Crippen LogP contribution in [0.5, 0.6) is 0 Å². The number of hydrogen-bond donors (Lipinski definition) is 1. The lowest BCUT2D eigenvalue weighted by molar-refractivity contribution is -0.173. The normalized spacial score (nSPS) is 27.1. The molecule has 0 aliphatic carbocycles. The van der Waals surface area contributed by atoms with Gasteiger partial charge in [-0.05, 0) is 19.9 Å². The van der Waals surface area contributed by atoms with E-state index in [2.05, 4.69) is 5.32 Å². The van der Waals surface area contributed by atoms with E-state index in [1.807, 2.05) is 0 Å². The SMILES string of the molecule is CN[C@H]1CN(C(C)=O)CC2CCCN(C(C)=O)N2C1=O. The van der Waals surface area contributed by atoms with E-state index in [1.54, 1.807) is 17.0 Å². The third-order valence-electron chi connectivity index (χ3n) is 4.03. The summed E-state index contributed by atoms with van der Waals surface area (Å²) in [5.74, 6) is -0.301. The summed E-state index contributed by atoms with van der Waals surface area (Å²) >= 11 is 0. The van der Waals surface area contributed by atoms with Gasteiger partial charge in [-0.3, -0.25) is 19.4 Å². The van der Waals surface area contributed by atoms with Gasteiger partial charge in [-0.15, -0.1) is 0 Å². The first-order valence-corrected chi connectivity index (χ1v) is 6.99. The van der Waals surface area contributed by atoms with Crippen LogP contribution in [0.15, 0.2) is 0 Å². The van der Waals surface area contributed by atoms with Crippen LogP contribution in [0.2, 0.25) is 0 Å². The molecule has 3 amide bonds. The molecule has 112 valence electrons. The van der Waals surface area contributed by atoms with E-state index >= 15 is 0 Å². The zero-order valence-electron chi connectivity index (χ0n) is 12.3. The lowest BCUT2D eigenvalue weighted by Gasteiger charge is -2.43. The van der Waals surface area contributed by atoms with Crippen LogP contribution >= 0.6 is 0 Å². The van der Waals surface area contributed by atoms with Gasteiger partial charge in [0.2, 0.25) is 11.8 Å². The van der Waals surface area contributed by atoms with Crippen molar-refractivity contribution in [3.63, 3.8) is 0 Å². The maximum absolute atomic E-state index is 12.6. The molecule has 0 radical (unpaired) electrons. The average Bonchev–Trinajstić information content (AvgIpc) is 2.55. The van der Waals surface area contributed by atoms with Gasteiger partial charge in [0.25, 0.3) is 5.91 Å². The summed E-state index contributed by atoms with van der Waals surface area (Å²) in [6, 6.07) is -0.578. The van der Waals surface area contributed by atoms with E-state index < -0.39 is 6.04 Å². The highest BCUT2D eigenvalue weighted by atomic mass is 16.2. The maximum atomic E-state index is 12.6. The molecule has 2 atom stereocenters. The molecule has 0 aromatic heterocycles. The lowest BCUT2D eigenvalue weighted by atomic mass is 10.1. The monoisotopic (exact) mass is 282 g/mol. The van der Waals surface area contributed by atoms with Crippen molar-refractivity contribution in [3.05, 3.63) is 0 Å². The predicted octanol–water partition coefficient (Wildman–Crippen LogP) is -0.809. The molecule has 2 heterocycles. The molecule has 2 fully saturated rings. The van der Waals surface area contributed by atoms with Crippen molar-refractivity contribution in [2.24, 2.45) is 0 Å². The molecule has 0 spiro atoms. The van der Waals surface area contributed by atoms with Crippen molar-refractivity contribution < 1.29 is 14.4 Å². The van der Waals surface area contributed by atoms with Gasteiger partial charge in [0.05, 0.1) is 6.04 Å². The van der Waals surface area contributed by atoms with E-state index in [4.69, 9.17) is 0 Å². The zero-order valence-corrected chi connectivity index (χ0v) is 12.3. The zero-order chi connectivity index (χ0) is 14.9. The number of likely N-dealkylation sites (N-methyl/N-ethyl adjacent to an activating group) is 1. The van der Waals surface area contributed by atoms with E-state index in [9.17, 15) is 14.4 Å². The Kier molecular flexibility index (Phi) is 4.27. The van der Waals surface area contributed by atoms with Crippen molar-refractivity contribution in [2.75, 3.05) is 26.7 Å². The fraction of sp³-hybridized carbons (Fsp3) is 0.769. The minimum atomic E-state index is -0.469. The topological polar surface area (TPSA) is 73.0 Å². The van der Waals surface area contributed by atoms with Crippen molar-refractivity contribution >= 4 is 17.7 Å². The number of fused-ring (bicyclic) bond motifs is 1. The Hall–Kier alpha value is -1.63. The van der Waals surface area contributed by atoms with Crippen LogP contribution < -0.4 is 5.32 Å². The minimum Gasteiger partial charge on any atom is -0.339 e. The number of nitrogens with one attached hydrogen (secondary N) is 1. The average molecular weight is 282 g/mol. The molecule has 0 aromatic rings. The third kappa shape index (κ3) is 2.63. The fourth-order valence-electron chi connectivity index (χ4n) is 2.94. The summed E-state index contributed by atoms with van der Waals surface area (Å²) in [5, 5.41) is 6.03. The van der Waals surface area contributed by atoms with E-state index in [0.717, 1.165) is 12.8 Å². The Labute approximate surface area is 118 Å². The number of rotatable bonds is 1. The van der Waals surface area contributed by atoms with Gasteiger partial charge in [-0.1, -0.05) is 0 Å². The van der Waals surface area contributed by atoms with Crippen molar-refractivity contribution in [1.29, 1.82) is 0 Å². The van der Waals surface area contributed by atoms with E-state index in [-0.39, 0.29) is 23.8 Å². The number of hydrogen-bond acceptors (Lipinski definition) is 4. The molecular weight excluding hydrogens is 260 g/mol. The van der Waals surface area contributed by atoms with Gasteiger partial charge in [0, 0.05) is 33.5 Å². The van der Waals surface area contributed by atoms with Crippen molar-refractivity contribution in [1.82, 2.24) is 20.2 Å². The highest BCUT2D eigenvalue weighted by Crippen LogP contribution is 2.23. The summed E-state index contributed by atoms with van der Waals surface area (Å²) in [6.45, 7) is 4.39. The first kappa shape index (κ1) is 14.8. The van der Waals surface area contributed by atoms with Gasteiger partial charge in [-0.2, -0.15) is 0 Å². The standard InChI is InChI=1S/C13H22N4O3/c1-9(18)15-7-11-5-4-6-16(10(2)19)17(11)13(20)12(8-15)14-3/h11-12,14H,4-8H2,1-3H3/t11?,12-/m0/s1. The molecule has 2 aliphatic heterocycles. The molecule has 2 saturated heterocycles. The molecule has 20 heavy (non-hydrogen) atoms. The van der Waals surface area contributed by atoms with Crippen LogP contribution in [-0.2, 0) is 14.4 Å². The highest BCUT2D eigenvalue weighted by Gasteiger charge is 2.41. The second-order valence-electron chi connectivity index (χ2n) is 5.39. The number of amides is 3. The van der Waals surface area contributed by atoms with Crippen LogP contribution in [0.3, 0.4) is 0 Å². The first-order valence-electron chi connectivity index (χ1n) is 6.99. The highest BCUT2D eigenvalue weighted by molar-refractivity contribution is 5.86. The molecule has 0 bridgehead atoms. The van der Waals surface area contributed by atoms with E-state index in [1.165, 1.54) is 18.9 Å². The lowest BCUT2D eigenvalue weighted by Crippen LogP contribution is -2.61. The van der Waals surface area contributed by atoms with Gasteiger partial charge in [0.1, 0.15) is 6.04 Å². The molecule has 1 N–H and O–H groups in total. The van der Waals surface area contributed by atoms with Gasteiger partial charge < -0.3 is 10.2 Å². The largest absolute Gasteiger partial charge is 0.339 e. The Morgan fingerprint density at radius 1 is 1.20 bits per heavy atom. The summed E-state index contributed by atoms with van der Waals surface area (Å²) in [7, 11) is 1.70. The summed E-state index contributed by atoms with van der Waals surface area (Å²) in [4.78, 5) is 37.8. The predicted molar refractivity (Wildman–Crippen MR) is 72.4 cm³/mol. The molecule has 0 aromatic carbocycles. The van der Waals surface area contributed by atoms with Gasteiger partial charge in [0.15, 0.2) is 0 Å². The molecule has 2 aliphatic rings. The first-order chi connectivity index (χ1) is 9.45. The van der Waals surface area contributed by atoms with Crippen LogP contribution in [-0.4, -0.2) is 71.4 Å². The number of nitrogens with zero attached hydrogens (tertiary/aromatic N) is 3. The summed E-state index contributed by atoms with van der Waals surface area (Å²) < 4.78 is 0. The Morgan fingerprint density at radius 3 is 2.45 bits per heavy atom. The second kappa shape index (κ2) is 5.78. The molecule has 2 rings (SSSR count).